The summed E-state index contributed by atoms with van der Waals surface area (Å²) in [5, 5.41) is 0. The molecule has 2 nitrogen and oxygen atoms in total. The maximum atomic E-state index is 5.84. The van der Waals surface area contributed by atoms with Crippen LogP contribution in [0.2, 0.25) is 0 Å². The second-order valence-corrected chi connectivity index (χ2v) is 4.57. The summed E-state index contributed by atoms with van der Waals surface area (Å²) in [5.41, 5.74) is 8.16. The lowest BCUT2D eigenvalue weighted by molar-refractivity contribution is 0.0232. The lowest BCUT2D eigenvalue weighted by atomic mass is 10.0. The van der Waals surface area contributed by atoms with Crippen LogP contribution in [0.25, 0.3) is 0 Å². The molecule has 0 bridgehead atoms. The first-order valence-corrected chi connectivity index (χ1v) is 6.03. The van der Waals surface area contributed by atoms with Crippen molar-refractivity contribution in [1.82, 2.24) is 0 Å². The van der Waals surface area contributed by atoms with Crippen LogP contribution >= 0.6 is 0 Å². The Hall–Kier alpha value is -0.860. The van der Waals surface area contributed by atoms with Gasteiger partial charge in [0.25, 0.3) is 0 Å². The van der Waals surface area contributed by atoms with Crippen molar-refractivity contribution in [3.8, 4) is 0 Å². The summed E-state index contributed by atoms with van der Waals surface area (Å²) in [6, 6.07) is 8.36. The maximum absolute atomic E-state index is 5.84. The molecule has 1 aromatic carbocycles. The van der Waals surface area contributed by atoms with Gasteiger partial charge in [-0.1, -0.05) is 38.1 Å². The zero-order valence-corrected chi connectivity index (χ0v) is 10.6. The van der Waals surface area contributed by atoms with E-state index in [-0.39, 0.29) is 0 Å². The number of hydrogen-bond acceptors (Lipinski definition) is 2. The number of benzene rings is 1. The van der Waals surface area contributed by atoms with Crippen LogP contribution in [0.1, 0.15) is 31.9 Å². The Bertz CT molecular complexity index is 309. The summed E-state index contributed by atoms with van der Waals surface area (Å²) in [7, 11) is 0. The number of hydrogen-bond donors (Lipinski definition) is 1. The Balaban J connectivity index is 2.58. The van der Waals surface area contributed by atoms with Gasteiger partial charge in [0.1, 0.15) is 0 Å². The van der Waals surface area contributed by atoms with Crippen molar-refractivity contribution in [2.45, 2.75) is 39.9 Å². The van der Waals surface area contributed by atoms with E-state index in [1.165, 1.54) is 11.1 Å². The van der Waals surface area contributed by atoms with Gasteiger partial charge in [-0.25, -0.2) is 0 Å². The molecular weight excluding hydrogens is 198 g/mol. The molecule has 1 rings (SSSR count). The average Bonchev–Trinajstić information content (AvgIpc) is 2.27. The lowest BCUT2D eigenvalue weighted by Crippen LogP contribution is -2.16. The minimum Gasteiger partial charge on any atom is -0.374 e. The molecule has 2 N–H and O–H groups in total. The molecule has 0 saturated heterocycles. The third kappa shape index (κ3) is 3.95. The van der Waals surface area contributed by atoms with Crippen LogP contribution in [0.3, 0.4) is 0 Å². The van der Waals surface area contributed by atoms with Crippen molar-refractivity contribution < 1.29 is 4.74 Å². The summed E-state index contributed by atoms with van der Waals surface area (Å²) < 4.78 is 5.84. The van der Waals surface area contributed by atoms with Crippen LogP contribution in [-0.4, -0.2) is 12.6 Å². The second-order valence-electron chi connectivity index (χ2n) is 4.57. The van der Waals surface area contributed by atoms with Gasteiger partial charge in [-0.3, -0.25) is 0 Å². The molecule has 0 aromatic heterocycles. The summed E-state index contributed by atoms with van der Waals surface area (Å²) in [4.78, 5) is 0. The number of ether oxygens (including phenoxy) is 1. The van der Waals surface area contributed by atoms with Crippen LogP contribution in [0.4, 0.5) is 0 Å². The summed E-state index contributed by atoms with van der Waals surface area (Å²) >= 11 is 0. The molecule has 2 heteroatoms. The zero-order valence-electron chi connectivity index (χ0n) is 10.6. The van der Waals surface area contributed by atoms with Crippen molar-refractivity contribution >= 4 is 0 Å². The molecule has 0 saturated carbocycles. The minimum absolute atomic E-state index is 0.297. The van der Waals surface area contributed by atoms with Crippen molar-refractivity contribution in [3.05, 3.63) is 35.4 Å². The Morgan fingerprint density at radius 2 is 1.75 bits per heavy atom. The van der Waals surface area contributed by atoms with Gasteiger partial charge in [-0.2, -0.15) is 0 Å². The van der Waals surface area contributed by atoms with E-state index in [9.17, 15) is 0 Å². The normalized spacial score (nSPS) is 13.1. The Morgan fingerprint density at radius 1 is 1.12 bits per heavy atom. The van der Waals surface area contributed by atoms with Gasteiger partial charge in [-0.15, -0.1) is 0 Å². The number of nitrogens with two attached hydrogens (primary N) is 1. The first-order valence-electron chi connectivity index (χ1n) is 6.03. The molecule has 16 heavy (non-hydrogen) atoms. The van der Waals surface area contributed by atoms with Gasteiger partial charge in [-0.05, 0) is 36.9 Å². The molecule has 90 valence electrons. The predicted molar refractivity (Wildman–Crippen MR) is 68.3 cm³/mol. The van der Waals surface area contributed by atoms with Crippen LogP contribution in [0.5, 0.6) is 0 Å². The molecule has 0 aliphatic rings. The van der Waals surface area contributed by atoms with Crippen LogP contribution in [-0.2, 0) is 17.8 Å². The zero-order chi connectivity index (χ0) is 12.0. The van der Waals surface area contributed by atoms with E-state index in [2.05, 4.69) is 45.0 Å². The SMILES string of the molecule is CC(C)C(C)OCc1ccccc1CCN. The van der Waals surface area contributed by atoms with E-state index in [1.807, 2.05) is 0 Å². The highest BCUT2D eigenvalue weighted by Gasteiger charge is 2.08. The van der Waals surface area contributed by atoms with Crippen molar-refractivity contribution in [1.29, 1.82) is 0 Å². The minimum atomic E-state index is 0.297. The molecule has 1 atom stereocenters. The molecule has 0 aliphatic carbocycles. The van der Waals surface area contributed by atoms with E-state index in [0.717, 1.165) is 6.42 Å². The van der Waals surface area contributed by atoms with E-state index in [4.69, 9.17) is 10.5 Å². The summed E-state index contributed by atoms with van der Waals surface area (Å²) in [5.74, 6) is 0.557. The Kier molecular flexibility index (Phi) is 5.50. The van der Waals surface area contributed by atoms with Gasteiger partial charge in [0.05, 0.1) is 12.7 Å². The second kappa shape index (κ2) is 6.66. The fourth-order valence-corrected chi connectivity index (χ4v) is 1.51. The fraction of sp³-hybridized carbons (Fsp3) is 0.571. The van der Waals surface area contributed by atoms with Gasteiger partial charge < -0.3 is 10.5 Å². The van der Waals surface area contributed by atoms with Crippen molar-refractivity contribution in [3.63, 3.8) is 0 Å². The Labute approximate surface area is 98.8 Å². The van der Waals surface area contributed by atoms with Gasteiger partial charge in [0, 0.05) is 0 Å². The standard InChI is InChI=1S/C14H23NO/c1-11(2)12(3)16-10-14-7-5-4-6-13(14)8-9-15/h4-7,11-12H,8-10,15H2,1-3H3. The van der Waals surface area contributed by atoms with Gasteiger partial charge in [0.2, 0.25) is 0 Å². The van der Waals surface area contributed by atoms with Crippen LogP contribution < -0.4 is 5.73 Å². The first kappa shape index (κ1) is 13.2. The monoisotopic (exact) mass is 221 g/mol. The van der Waals surface area contributed by atoms with Crippen molar-refractivity contribution in [2.75, 3.05) is 6.54 Å². The fourth-order valence-electron chi connectivity index (χ4n) is 1.51. The van der Waals surface area contributed by atoms with Crippen LogP contribution in [0.15, 0.2) is 24.3 Å². The highest BCUT2D eigenvalue weighted by Crippen LogP contribution is 2.14. The molecular formula is C14H23NO. The summed E-state index contributed by atoms with van der Waals surface area (Å²) in [6.45, 7) is 7.86. The third-order valence-electron chi connectivity index (χ3n) is 2.97. The highest BCUT2D eigenvalue weighted by molar-refractivity contribution is 5.26. The van der Waals surface area contributed by atoms with E-state index in [0.29, 0.717) is 25.2 Å². The molecule has 0 radical (unpaired) electrons. The largest absolute Gasteiger partial charge is 0.374 e. The highest BCUT2D eigenvalue weighted by atomic mass is 16.5. The Morgan fingerprint density at radius 3 is 2.31 bits per heavy atom. The molecule has 0 spiro atoms. The van der Waals surface area contributed by atoms with E-state index >= 15 is 0 Å². The molecule has 1 aromatic rings. The molecule has 1 unspecified atom stereocenters. The smallest absolute Gasteiger partial charge is 0.0723 e. The van der Waals surface area contributed by atoms with Gasteiger partial charge >= 0.3 is 0 Å². The van der Waals surface area contributed by atoms with E-state index < -0.39 is 0 Å². The quantitative estimate of drug-likeness (QED) is 0.801. The van der Waals surface area contributed by atoms with Crippen molar-refractivity contribution in [2.24, 2.45) is 11.7 Å². The maximum Gasteiger partial charge on any atom is 0.0723 e. The third-order valence-corrected chi connectivity index (χ3v) is 2.97. The molecule has 0 heterocycles. The summed E-state index contributed by atoms with van der Waals surface area (Å²) in [6.07, 6.45) is 1.22. The molecule has 0 aliphatic heterocycles. The topological polar surface area (TPSA) is 35.2 Å². The van der Waals surface area contributed by atoms with Crippen LogP contribution in [0, 0.1) is 5.92 Å². The number of rotatable bonds is 6. The van der Waals surface area contributed by atoms with E-state index in [1.54, 1.807) is 0 Å². The first-order chi connectivity index (χ1) is 7.65. The average molecular weight is 221 g/mol. The molecule has 0 fully saturated rings. The van der Waals surface area contributed by atoms with Gasteiger partial charge in [0.15, 0.2) is 0 Å². The molecule has 0 amide bonds. The predicted octanol–water partition coefficient (Wildman–Crippen LogP) is 2.75. The lowest BCUT2D eigenvalue weighted by Gasteiger charge is -2.17.